The van der Waals surface area contributed by atoms with Crippen molar-refractivity contribution >= 4 is 15.9 Å². The molecule has 1 spiro atoms. The molecule has 3 rings (SSSR count). The SMILES string of the molecule is CS(=O)(=O)NC1CC2(CCN(C(=O)c3ccncn3)CC2)C1. The van der Waals surface area contributed by atoms with Crippen molar-refractivity contribution in [3.63, 3.8) is 0 Å². The number of amides is 1. The molecule has 0 radical (unpaired) electrons. The molecule has 1 saturated heterocycles. The first kappa shape index (κ1) is 15.4. The molecule has 0 aromatic carbocycles. The largest absolute Gasteiger partial charge is 0.337 e. The molecule has 22 heavy (non-hydrogen) atoms. The lowest BCUT2D eigenvalue weighted by molar-refractivity contribution is 0.0135. The second-order valence-electron chi connectivity index (χ2n) is 6.38. The maximum Gasteiger partial charge on any atom is 0.272 e. The van der Waals surface area contributed by atoms with Crippen LogP contribution in [0, 0.1) is 5.41 Å². The minimum atomic E-state index is -3.13. The van der Waals surface area contributed by atoms with Gasteiger partial charge in [-0.2, -0.15) is 0 Å². The van der Waals surface area contributed by atoms with Gasteiger partial charge in [0.15, 0.2) is 0 Å². The van der Waals surface area contributed by atoms with E-state index in [9.17, 15) is 13.2 Å². The minimum absolute atomic E-state index is 0.0533. The lowest BCUT2D eigenvalue weighted by Gasteiger charge is -2.52. The summed E-state index contributed by atoms with van der Waals surface area (Å²) in [5.74, 6) is -0.0533. The number of nitrogens with zero attached hydrogens (tertiary/aromatic N) is 3. The van der Waals surface area contributed by atoms with Gasteiger partial charge in [0.05, 0.1) is 6.26 Å². The maximum atomic E-state index is 12.3. The number of aromatic nitrogens is 2. The lowest BCUT2D eigenvalue weighted by atomic mass is 9.60. The molecule has 1 saturated carbocycles. The zero-order valence-electron chi connectivity index (χ0n) is 12.5. The van der Waals surface area contributed by atoms with Gasteiger partial charge in [-0.3, -0.25) is 4.79 Å². The standard InChI is InChI=1S/C14H20N4O3S/c1-22(20,21)17-11-8-14(9-11)3-6-18(7-4-14)13(19)12-2-5-15-10-16-12/h2,5,10-11,17H,3-4,6-9H2,1H3. The highest BCUT2D eigenvalue weighted by Gasteiger charge is 2.47. The Morgan fingerprint density at radius 3 is 2.59 bits per heavy atom. The molecule has 2 aliphatic rings. The van der Waals surface area contributed by atoms with Crippen LogP contribution in [-0.2, 0) is 10.0 Å². The Labute approximate surface area is 130 Å². The second kappa shape index (κ2) is 5.58. The fraction of sp³-hybridized carbons (Fsp3) is 0.643. The third-order valence-corrected chi connectivity index (χ3v) is 5.41. The van der Waals surface area contributed by atoms with Crippen LogP contribution in [0.4, 0.5) is 0 Å². The molecule has 1 aromatic heterocycles. The summed E-state index contributed by atoms with van der Waals surface area (Å²) in [6.07, 6.45) is 7.73. The molecule has 1 aromatic rings. The Morgan fingerprint density at radius 1 is 1.36 bits per heavy atom. The molecular formula is C14H20N4O3S. The van der Waals surface area contributed by atoms with Gasteiger partial charge in [-0.25, -0.2) is 23.1 Å². The molecule has 0 unspecified atom stereocenters. The number of sulfonamides is 1. The van der Waals surface area contributed by atoms with Gasteiger partial charge in [0.2, 0.25) is 10.0 Å². The van der Waals surface area contributed by atoms with Crippen LogP contribution in [0.1, 0.15) is 36.2 Å². The van der Waals surface area contributed by atoms with Crippen LogP contribution in [0.15, 0.2) is 18.6 Å². The molecule has 8 heteroatoms. The van der Waals surface area contributed by atoms with Gasteiger partial charge in [0, 0.05) is 25.3 Å². The molecule has 2 fully saturated rings. The smallest absolute Gasteiger partial charge is 0.272 e. The van der Waals surface area contributed by atoms with Crippen molar-refractivity contribution in [2.45, 2.75) is 31.7 Å². The van der Waals surface area contributed by atoms with E-state index in [0.717, 1.165) is 25.7 Å². The van der Waals surface area contributed by atoms with Crippen molar-refractivity contribution in [1.29, 1.82) is 0 Å². The fourth-order valence-electron chi connectivity index (χ4n) is 3.54. The summed E-state index contributed by atoms with van der Waals surface area (Å²) in [7, 11) is -3.13. The average Bonchev–Trinajstić information content (AvgIpc) is 2.45. The number of hydrogen-bond acceptors (Lipinski definition) is 5. The van der Waals surface area contributed by atoms with Crippen molar-refractivity contribution in [1.82, 2.24) is 19.6 Å². The Balaban J connectivity index is 1.53. The number of nitrogens with one attached hydrogen (secondary N) is 1. The highest BCUT2D eigenvalue weighted by atomic mass is 32.2. The van der Waals surface area contributed by atoms with Crippen molar-refractivity contribution in [2.24, 2.45) is 5.41 Å². The monoisotopic (exact) mass is 324 g/mol. The van der Waals surface area contributed by atoms with Gasteiger partial charge < -0.3 is 4.90 Å². The Morgan fingerprint density at radius 2 is 2.05 bits per heavy atom. The predicted molar refractivity (Wildman–Crippen MR) is 80.6 cm³/mol. The van der Waals surface area contributed by atoms with Crippen LogP contribution >= 0.6 is 0 Å². The van der Waals surface area contributed by atoms with E-state index in [4.69, 9.17) is 0 Å². The van der Waals surface area contributed by atoms with E-state index < -0.39 is 10.0 Å². The van der Waals surface area contributed by atoms with Crippen LogP contribution in [0.3, 0.4) is 0 Å². The normalized spacial score (nSPS) is 21.6. The van der Waals surface area contributed by atoms with E-state index in [0.29, 0.717) is 18.8 Å². The van der Waals surface area contributed by atoms with Crippen LogP contribution in [0.25, 0.3) is 0 Å². The predicted octanol–water partition coefficient (Wildman–Crippen LogP) is 0.411. The van der Waals surface area contributed by atoms with Crippen LogP contribution in [-0.4, -0.2) is 54.6 Å². The number of hydrogen-bond donors (Lipinski definition) is 1. The molecule has 7 nitrogen and oxygen atoms in total. The van der Waals surface area contributed by atoms with Gasteiger partial charge in [-0.1, -0.05) is 0 Å². The number of carbonyl (C=O) groups excluding carboxylic acids is 1. The topological polar surface area (TPSA) is 92.3 Å². The first-order valence-corrected chi connectivity index (χ1v) is 9.29. The zero-order chi connectivity index (χ0) is 15.8. The average molecular weight is 324 g/mol. The second-order valence-corrected chi connectivity index (χ2v) is 8.16. The third kappa shape index (κ3) is 3.27. The summed E-state index contributed by atoms with van der Waals surface area (Å²) >= 11 is 0. The molecule has 2 heterocycles. The molecular weight excluding hydrogens is 304 g/mol. The van der Waals surface area contributed by atoms with Crippen molar-refractivity contribution < 1.29 is 13.2 Å². The van der Waals surface area contributed by atoms with E-state index in [-0.39, 0.29) is 17.4 Å². The fourth-order valence-corrected chi connectivity index (χ4v) is 4.32. The van der Waals surface area contributed by atoms with Crippen LogP contribution in [0.2, 0.25) is 0 Å². The summed E-state index contributed by atoms with van der Waals surface area (Å²) in [5.41, 5.74) is 0.626. The van der Waals surface area contributed by atoms with Gasteiger partial charge in [0.1, 0.15) is 12.0 Å². The quantitative estimate of drug-likeness (QED) is 0.869. The highest BCUT2D eigenvalue weighted by molar-refractivity contribution is 7.88. The van der Waals surface area contributed by atoms with Gasteiger partial charge in [0.25, 0.3) is 5.91 Å². The molecule has 1 aliphatic heterocycles. The number of rotatable bonds is 3. The molecule has 1 N–H and O–H groups in total. The first-order valence-electron chi connectivity index (χ1n) is 7.40. The number of likely N-dealkylation sites (tertiary alicyclic amines) is 1. The molecule has 0 bridgehead atoms. The van der Waals surface area contributed by atoms with E-state index in [1.165, 1.54) is 12.6 Å². The third-order valence-electron chi connectivity index (χ3n) is 4.65. The molecule has 120 valence electrons. The summed E-state index contributed by atoms with van der Waals surface area (Å²) in [6, 6.07) is 1.68. The Bertz CT molecular complexity index is 646. The van der Waals surface area contributed by atoms with Gasteiger partial charge >= 0.3 is 0 Å². The van der Waals surface area contributed by atoms with E-state index >= 15 is 0 Å². The van der Waals surface area contributed by atoms with E-state index in [1.54, 1.807) is 12.3 Å². The maximum absolute atomic E-state index is 12.3. The summed E-state index contributed by atoms with van der Waals surface area (Å²) in [5, 5.41) is 0. The Hall–Kier alpha value is -1.54. The van der Waals surface area contributed by atoms with Crippen molar-refractivity contribution in [3.05, 3.63) is 24.3 Å². The number of carbonyl (C=O) groups is 1. The van der Waals surface area contributed by atoms with E-state index in [1.807, 2.05) is 4.90 Å². The summed E-state index contributed by atoms with van der Waals surface area (Å²) in [4.78, 5) is 22.0. The minimum Gasteiger partial charge on any atom is -0.337 e. The molecule has 1 amide bonds. The van der Waals surface area contributed by atoms with E-state index in [2.05, 4.69) is 14.7 Å². The van der Waals surface area contributed by atoms with Crippen LogP contribution in [0.5, 0.6) is 0 Å². The zero-order valence-corrected chi connectivity index (χ0v) is 13.3. The van der Waals surface area contributed by atoms with Gasteiger partial charge in [-0.15, -0.1) is 0 Å². The molecule has 0 atom stereocenters. The van der Waals surface area contributed by atoms with Crippen LogP contribution < -0.4 is 4.72 Å². The summed E-state index contributed by atoms with van der Waals surface area (Å²) in [6.45, 7) is 1.41. The first-order chi connectivity index (χ1) is 10.4. The number of piperidine rings is 1. The summed E-state index contributed by atoms with van der Waals surface area (Å²) < 4.78 is 25.1. The lowest BCUT2D eigenvalue weighted by Crippen LogP contribution is -2.55. The molecule has 1 aliphatic carbocycles. The van der Waals surface area contributed by atoms with Crippen molar-refractivity contribution in [3.8, 4) is 0 Å². The highest BCUT2D eigenvalue weighted by Crippen LogP contribution is 2.49. The Kier molecular flexibility index (Phi) is 3.90. The van der Waals surface area contributed by atoms with Crippen molar-refractivity contribution in [2.75, 3.05) is 19.3 Å². The van der Waals surface area contributed by atoms with Gasteiger partial charge in [-0.05, 0) is 37.2 Å².